The van der Waals surface area contributed by atoms with Crippen LogP contribution in [-0.4, -0.2) is 43.0 Å². The molecule has 2 aromatic carbocycles. The molecule has 0 aliphatic carbocycles. The lowest BCUT2D eigenvalue weighted by atomic mass is 10.0. The summed E-state index contributed by atoms with van der Waals surface area (Å²) in [5.74, 6) is 1.34. The molecule has 2 amide bonds. The molecule has 1 aliphatic heterocycles. The third-order valence-electron chi connectivity index (χ3n) is 5.92. The Kier molecular flexibility index (Phi) is 8.54. The molecule has 6 heteroatoms. The van der Waals surface area contributed by atoms with E-state index < -0.39 is 0 Å². The number of hydrogen-bond acceptors (Lipinski definition) is 4. The fraction of sp³-hybridized carbons (Fsp3) is 0.462. The highest BCUT2D eigenvalue weighted by Crippen LogP contribution is 2.27. The molecule has 0 bridgehead atoms. The Morgan fingerprint density at radius 3 is 2.50 bits per heavy atom. The van der Waals surface area contributed by atoms with E-state index in [1.54, 1.807) is 0 Å². The molecule has 1 heterocycles. The average Bonchev–Trinajstić information content (AvgIpc) is 3.34. The summed E-state index contributed by atoms with van der Waals surface area (Å²) in [6.45, 7) is 8.06. The minimum Gasteiger partial charge on any atom is -0.493 e. The summed E-state index contributed by atoms with van der Waals surface area (Å²) >= 11 is 0. The van der Waals surface area contributed by atoms with Gasteiger partial charge in [0.15, 0.2) is 6.61 Å². The number of nitrogens with one attached hydrogen (secondary N) is 1. The number of benzene rings is 2. The van der Waals surface area contributed by atoms with Gasteiger partial charge in [0.2, 0.25) is 5.91 Å². The molecule has 1 fully saturated rings. The lowest BCUT2D eigenvalue weighted by molar-refractivity contribution is -0.132. The van der Waals surface area contributed by atoms with E-state index in [0.29, 0.717) is 18.8 Å². The van der Waals surface area contributed by atoms with Crippen molar-refractivity contribution in [3.05, 3.63) is 59.2 Å². The van der Waals surface area contributed by atoms with Gasteiger partial charge in [0.05, 0.1) is 19.1 Å². The maximum atomic E-state index is 12.6. The van der Waals surface area contributed by atoms with Crippen molar-refractivity contribution >= 4 is 11.8 Å². The van der Waals surface area contributed by atoms with Crippen molar-refractivity contribution < 1.29 is 19.1 Å². The van der Waals surface area contributed by atoms with Gasteiger partial charge in [0.25, 0.3) is 5.91 Å². The van der Waals surface area contributed by atoms with Crippen LogP contribution in [-0.2, 0) is 9.59 Å². The number of likely N-dealkylation sites (tertiary alicyclic amines) is 1. The summed E-state index contributed by atoms with van der Waals surface area (Å²) in [4.78, 5) is 26.7. The van der Waals surface area contributed by atoms with Crippen LogP contribution in [0.15, 0.2) is 42.5 Å². The van der Waals surface area contributed by atoms with E-state index in [-0.39, 0.29) is 30.9 Å². The second-order valence-electron chi connectivity index (χ2n) is 8.29. The molecule has 6 nitrogen and oxygen atoms in total. The van der Waals surface area contributed by atoms with Crippen LogP contribution in [0.4, 0.5) is 0 Å². The van der Waals surface area contributed by atoms with Gasteiger partial charge in [0.1, 0.15) is 11.5 Å². The van der Waals surface area contributed by atoms with Crippen LogP contribution in [0.25, 0.3) is 0 Å². The van der Waals surface area contributed by atoms with Crippen LogP contribution < -0.4 is 14.8 Å². The minimum absolute atomic E-state index is 0.0119. The summed E-state index contributed by atoms with van der Waals surface area (Å²) in [6.07, 6.45) is 3.09. The third-order valence-corrected chi connectivity index (χ3v) is 5.92. The lowest BCUT2D eigenvalue weighted by Crippen LogP contribution is -2.33. The molecule has 0 radical (unpaired) electrons. The molecule has 2 aromatic rings. The fourth-order valence-corrected chi connectivity index (χ4v) is 3.83. The van der Waals surface area contributed by atoms with Gasteiger partial charge in [0, 0.05) is 18.7 Å². The van der Waals surface area contributed by atoms with Gasteiger partial charge < -0.3 is 19.7 Å². The van der Waals surface area contributed by atoms with E-state index >= 15 is 0 Å². The van der Waals surface area contributed by atoms with Crippen molar-refractivity contribution in [3.8, 4) is 11.5 Å². The molecule has 1 saturated heterocycles. The summed E-state index contributed by atoms with van der Waals surface area (Å²) in [7, 11) is 0. The van der Waals surface area contributed by atoms with Gasteiger partial charge in [-0.2, -0.15) is 0 Å². The van der Waals surface area contributed by atoms with Crippen molar-refractivity contribution in [3.63, 3.8) is 0 Å². The van der Waals surface area contributed by atoms with Gasteiger partial charge in [-0.15, -0.1) is 0 Å². The standard InChI is InChI=1S/C26H34N2O4/c1-4-23(27-25(29)13-16-31-21-12-11-19(2)20(3)17-21)22-9-5-6-10-24(22)32-18-26(30)28-14-7-8-15-28/h5-6,9-12,17,23H,4,7-8,13-16,18H2,1-3H3,(H,27,29). The van der Waals surface area contributed by atoms with Gasteiger partial charge in [-0.3, -0.25) is 9.59 Å². The number of carbonyl (C=O) groups excluding carboxylic acids is 2. The Labute approximate surface area is 190 Å². The van der Waals surface area contributed by atoms with E-state index in [1.807, 2.05) is 61.2 Å². The first-order valence-corrected chi connectivity index (χ1v) is 11.5. The maximum absolute atomic E-state index is 12.6. The predicted molar refractivity (Wildman–Crippen MR) is 125 cm³/mol. The molecule has 32 heavy (non-hydrogen) atoms. The minimum atomic E-state index is -0.192. The highest BCUT2D eigenvalue weighted by atomic mass is 16.5. The lowest BCUT2D eigenvalue weighted by Gasteiger charge is -2.22. The van der Waals surface area contributed by atoms with Gasteiger partial charge >= 0.3 is 0 Å². The predicted octanol–water partition coefficient (Wildman–Crippen LogP) is 4.34. The molecular weight excluding hydrogens is 404 g/mol. The zero-order valence-electron chi connectivity index (χ0n) is 19.4. The highest BCUT2D eigenvalue weighted by Gasteiger charge is 2.21. The maximum Gasteiger partial charge on any atom is 0.260 e. The third kappa shape index (κ3) is 6.49. The van der Waals surface area contributed by atoms with Crippen LogP contribution in [0, 0.1) is 13.8 Å². The number of hydrogen-bond donors (Lipinski definition) is 1. The van der Waals surface area contributed by atoms with Gasteiger partial charge in [-0.25, -0.2) is 0 Å². The number of ether oxygens (including phenoxy) is 2. The zero-order valence-corrected chi connectivity index (χ0v) is 19.4. The van der Waals surface area contributed by atoms with E-state index in [1.165, 1.54) is 5.56 Å². The summed E-state index contributed by atoms with van der Waals surface area (Å²) in [5, 5.41) is 3.08. The second-order valence-corrected chi connectivity index (χ2v) is 8.29. The van der Waals surface area contributed by atoms with Crippen LogP contribution >= 0.6 is 0 Å². The average molecular weight is 439 g/mol. The summed E-state index contributed by atoms with van der Waals surface area (Å²) < 4.78 is 11.6. The molecule has 1 N–H and O–H groups in total. The number of rotatable bonds is 10. The molecule has 0 spiro atoms. The smallest absolute Gasteiger partial charge is 0.260 e. The molecule has 1 aliphatic rings. The topological polar surface area (TPSA) is 67.9 Å². The first-order valence-electron chi connectivity index (χ1n) is 11.5. The van der Waals surface area contributed by atoms with Gasteiger partial charge in [-0.1, -0.05) is 31.2 Å². The van der Waals surface area contributed by atoms with E-state index in [9.17, 15) is 9.59 Å². The second kappa shape index (κ2) is 11.6. The number of aryl methyl sites for hydroxylation is 2. The largest absolute Gasteiger partial charge is 0.493 e. The first kappa shape index (κ1) is 23.6. The fourth-order valence-electron chi connectivity index (χ4n) is 3.83. The molecule has 1 atom stereocenters. The van der Waals surface area contributed by atoms with Crippen LogP contribution in [0.2, 0.25) is 0 Å². The Bertz CT molecular complexity index is 922. The Balaban J connectivity index is 1.53. The van der Waals surface area contributed by atoms with E-state index in [0.717, 1.165) is 42.8 Å². The molecule has 3 rings (SSSR count). The number of amides is 2. The number of para-hydroxylation sites is 1. The molecular formula is C26H34N2O4. The van der Waals surface area contributed by atoms with Crippen LogP contribution in [0.3, 0.4) is 0 Å². The normalized spacial score (nSPS) is 14.2. The molecule has 0 aromatic heterocycles. The van der Waals surface area contributed by atoms with Crippen molar-refractivity contribution in [2.45, 2.75) is 52.5 Å². The van der Waals surface area contributed by atoms with Crippen LogP contribution in [0.1, 0.15) is 55.3 Å². The quantitative estimate of drug-likeness (QED) is 0.599. The SMILES string of the molecule is CCC(NC(=O)CCOc1ccc(C)c(C)c1)c1ccccc1OCC(=O)N1CCCC1. The van der Waals surface area contributed by atoms with Gasteiger partial charge in [-0.05, 0) is 62.4 Å². The molecule has 172 valence electrons. The van der Waals surface area contributed by atoms with Crippen molar-refractivity contribution in [2.75, 3.05) is 26.3 Å². The highest BCUT2D eigenvalue weighted by molar-refractivity contribution is 5.78. The first-order chi connectivity index (χ1) is 15.5. The zero-order chi connectivity index (χ0) is 22.9. The Morgan fingerprint density at radius 2 is 1.78 bits per heavy atom. The van der Waals surface area contributed by atoms with E-state index in [2.05, 4.69) is 12.2 Å². The Morgan fingerprint density at radius 1 is 1.03 bits per heavy atom. The number of nitrogens with zero attached hydrogens (tertiary/aromatic N) is 1. The van der Waals surface area contributed by atoms with Crippen LogP contribution in [0.5, 0.6) is 11.5 Å². The Hall–Kier alpha value is -3.02. The number of carbonyl (C=O) groups is 2. The van der Waals surface area contributed by atoms with Crippen molar-refractivity contribution in [1.82, 2.24) is 10.2 Å². The van der Waals surface area contributed by atoms with Crippen molar-refractivity contribution in [1.29, 1.82) is 0 Å². The monoisotopic (exact) mass is 438 g/mol. The molecule has 1 unspecified atom stereocenters. The molecule has 0 saturated carbocycles. The summed E-state index contributed by atoms with van der Waals surface area (Å²) in [6, 6.07) is 13.3. The van der Waals surface area contributed by atoms with E-state index in [4.69, 9.17) is 9.47 Å². The van der Waals surface area contributed by atoms with Crippen molar-refractivity contribution in [2.24, 2.45) is 0 Å². The summed E-state index contributed by atoms with van der Waals surface area (Å²) in [5.41, 5.74) is 3.26.